The molecular weight excluding hydrogens is 817 g/mol. The molecule has 8 rings (SSSR count). The number of nitrogens with one attached hydrogen (secondary N) is 3. The number of likely N-dealkylation sites (N-methyl/N-ethyl adjacent to an activating group) is 1. The van der Waals surface area contributed by atoms with Gasteiger partial charge in [-0.25, -0.2) is 0 Å². The number of carbonyl (C=O) groups excluding carboxylic acids is 1. The number of aliphatic hydroxyl groups is 1. The lowest BCUT2D eigenvalue weighted by Gasteiger charge is -2.53. The van der Waals surface area contributed by atoms with Gasteiger partial charge in [-0.2, -0.15) is 0 Å². The molecule has 4 N–H and O–H groups in total. The van der Waals surface area contributed by atoms with Crippen molar-refractivity contribution in [1.82, 2.24) is 33.8 Å². The summed E-state index contributed by atoms with van der Waals surface area (Å²) in [5.74, 6) is 2.22. The van der Waals surface area contributed by atoms with Crippen LogP contribution in [0.4, 0.5) is 0 Å². The molecule has 1 aromatic carbocycles. The summed E-state index contributed by atoms with van der Waals surface area (Å²) >= 11 is 2.25. The predicted octanol–water partition coefficient (Wildman–Crippen LogP) is 5.16. The van der Waals surface area contributed by atoms with Gasteiger partial charge in [-0.15, -0.1) is 0 Å². The van der Waals surface area contributed by atoms with E-state index >= 15 is 0 Å². The topological polar surface area (TPSA) is 105 Å². The molecule has 3 saturated heterocycles. The number of halogens is 1. The number of benzene rings is 1. The van der Waals surface area contributed by atoms with Gasteiger partial charge in [0, 0.05) is 57.9 Å². The second-order valence-electron chi connectivity index (χ2n) is 19.0. The zero-order valence-electron chi connectivity index (χ0n) is 34.7. The predicted molar refractivity (Wildman–Crippen MR) is 229 cm³/mol. The van der Waals surface area contributed by atoms with E-state index in [-0.39, 0.29) is 36.6 Å². The van der Waals surface area contributed by atoms with Gasteiger partial charge in [0.15, 0.2) is 0 Å². The Bertz CT molecular complexity index is 1460. The van der Waals surface area contributed by atoms with Crippen LogP contribution in [0.1, 0.15) is 114 Å². The first-order valence-corrected chi connectivity index (χ1v) is 23.6. The fourth-order valence-electron chi connectivity index (χ4n) is 11.4. The fraction of sp³-hybridized carbons (Fsp3) is 0.841. The van der Waals surface area contributed by atoms with E-state index in [0.717, 1.165) is 77.1 Å². The minimum Gasteiger partial charge on any atom is -0.491 e. The highest BCUT2D eigenvalue weighted by Crippen LogP contribution is 2.50. The van der Waals surface area contributed by atoms with Crippen molar-refractivity contribution in [1.29, 1.82) is 0 Å². The summed E-state index contributed by atoms with van der Waals surface area (Å²) in [7, 11) is 2.21. The molecule has 0 aromatic heterocycles. The third-order valence-electron chi connectivity index (χ3n) is 15.2. The number of nitrogens with zero attached hydrogens (tertiary/aromatic N) is 4. The van der Waals surface area contributed by atoms with Crippen molar-refractivity contribution in [3.63, 3.8) is 0 Å². The molecule has 11 nitrogen and oxygen atoms in total. The Morgan fingerprint density at radius 3 is 2.50 bits per heavy atom. The zero-order valence-corrected chi connectivity index (χ0v) is 36.8. The number of fused-ring (bicyclic) bond motifs is 1. The van der Waals surface area contributed by atoms with E-state index in [4.69, 9.17) is 9.47 Å². The molecule has 1 amide bonds. The normalized spacial score (nSPS) is 33.6. The maximum atomic E-state index is 15.0. The lowest BCUT2D eigenvalue weighted by molar-refractivity contribution is -0.147. The highest BCUT2D eigenvalue weighted by molar-refractivity contribution is 14.1. The molecule has 3 saturated carbocycles. The van der Waals surface area contributed by atoms with Crippen LogP contribution in [-0.2, 0) is 22.5 Å². The third kappa shape index (κ3) is 9.43. The third-order valence-corrected chi connectivity index (χ3v) is 16.0. The summed E-state index contributed by atoms with van der Waals surface area (Å²) in [6.07, 6.45) is 17.5. The number of piperidine rings is 1. The van der Waals surface area contributed by atoms with Gasteiger partial charge >= 0.3 is 0 Å². The SMILES string of the molecule is Cc1c(OCC2OC(C3CCCCC3)NC2C)ccc2c1CCN(C[C@@H](O)CN(I)C(=O)C1(C3CCCC3)CC(NC3CCC3)N[C@@H](N3CCN(C)CC3)C1)C2. The average Bonchev–Trinajstić information content (AvgIpc) is 3.87. The lowest BCUT2D eigenvalue weighted by atomic mass is 9.65. The molecule has 0 bridgehead atoms. The Balaban J connectivity index is 0.875. The van der Waals surface area contributed by atoms with E-state index in [9.17, 15) is 9.90 Å². The van der Waals surface area contributed by atoms with E-state index in [0.29, 0.717) is 37.6 Å². The Morgan fingerprint density at radius 2 is 1.77 bits per heavy atom. The lowest BCUT2D eigenvalue weighted by Crippen LogP contribution is -2.68. The Hall–Kier alpha value is -1.10. The van der Waals surface area contributed by atoms with Crippen LogP contribution in [0.15, 0.2) is 12.1 Å². The van der Waals surface area contributed by atoms with Crippen LogP contribution >= 0.6 is 22.9 Å². The Kier molecular flexibility index (Phi) is 13.9. The minimum absolute atomic E-state index is 0.0605. The molecule has 56 heavy (non-hydrogen) atoms. The molecule has 12 heteroatoms. The summed E-state index contributed by atoms with van der Waals surface area (Å²) in [5.41, 5.74) is 3.50. The van der Waals surface area contributed by atoms with Crippen molar-refractivity contribution in [2.75, 3.05) is 59.5 Å². The minimum atomic E-state index is -0.611. The van der Waals surface area contributed by atoms with Gasteiger partial charge in [0.1, 0.15) is 24.7 Å². The van der Waals surface area contributed by atoms with Crippen LogP contribution in [-0.4, -0.2) is 131 Å². The number of β-amino-alcohol motifs (C(OH)–C–C–N with tert-alkyl or cyclic N) is 1. The largest absolute Gasteiger partial charge is 0.491 e. The van der Waals surface area contributed by atoms with E-state index < -0.39 is 11.5 Å². The molecule has 3 aliphatic carbocycles. The number of hydrogen-bond donors (Lipinski definition) is 4. The van der Waals surface area contributed by atoms with Crippen molar-refractivity contribution in [3.8, 4) is 5.75 Å². The fourth-order valence-corrected chi connectivity index (χ4v) is 12.4. The zero-order chi connectivity index (χ0) is 38.8. The second-order valence-corrected chi connectivity index (χ2v) is 20.2. The summed E-state index contributed by atoms with van der Waals surface area (Å²) in [6, 6.07) is 5.19. The summed E-state index contributed by atoms with van der Waals surface area (Å²) in [6.45, 7) is 11.8. The van der Waals surface area contributed by atoms with Crippen molar-refractivity contribution in [2.45, 2.75) is 160 Å². The number of aliphatic hydroxyl groups excluding tert-OH is 1. The summed E-state index contributed by atoms with van der Waals surface area (Å²) in [4.78, 5) is 22.4. The smallest absolute Gasteiger partial charge is 0.238 e. The van der Waals surface area contributed by atoms with Gasteiger partial charge in [-0.1, -0.05) is 44.6 Å². The molecule has 7 aliphatic rings. The Morgan fingerprint density at radius 1 is 1.02 bits per heavy atom. The average molecular weight is 890 g/mol. The summed E-state index contributed by atoms with van der Waals surface area (Å²) < 4.78 is 14.8. The van der Waals surface area contributed by atoms with Gasteiger partial charge in [0.2, 0.25) is 5.91 Å². The highest BCUT2D eigenvalue weighted by Gasteiger charge is 2.54. The number of hydrogen-bond acceptors (Lipinski definition) is 10. The molecule has 5 unspecified atom stereocenters. The first-order valence-electron chi connectivity index (χ1n) is 22.6. The van der Waals surface area contributed by atoms with E-state index in [1.54, 1.807) is 0 Å². The number of rotatable bonds is 13. The van der Waals surface area contributed by atoms with Crippen LogP contribution < -0.4 is 20.7 Å². The highest BCUT2D eigenvalue weighted by atomic mass is 127. The molecular formula is C44H72IN7O4. The molecule has 4 heterocycles. The van der Waals surface area contributed by atoms with E-state index in [2.05, 4.69) is 86.5 Å². The quantitative estimate of drug-likeness (QED) is 0.157. The van der Waals surface area contributed by atoms with Gasteiger partial charge in [-0.3, -0.25) is 33.7 Å². The first kappa shape index (κ1) is 41.6. The standard InChI is InChI=1S/C44H72IN7O4/c1-30-37-18-19-50(26-33(37)16-17-38(30)55-29-39-31(2)46-42(56-39)32-10-5-4-6-11-32)27-36(53)28-52(45)43(54)44(34-12-7-8-13-34)24-40(47-35-14-9-15-35)48-41(25-44)51-22-20-49(3)21-23-51/h16-17,31-32,34-36,39-42,46-48,53H,4-15,18-29H2,1-3H3/t31?,36-,39?,40?,41+,42?,44?/m1/s1. The maximum Gasteiger partial charge on any atom is 0.238 e. The maximum absolute atomic E-state index is 15.0. The van der Waals surface area contributed by atoms with Gasteiger partial charge in [0.25, 0.3) is 0 Å². The number of piperazine rings is 1. The van der Waals surface area contributed by atoms with Crippen molar-refractivity contribution in [2.24, 2.45) is 17.3 Å². The molecule has 7 atom stereocenters. The Labute approximate surface area is 351 Å². The van der Waals surface area contributed by atoms with Gasteiger partial charge < -0.3 is 19.5 Å². The molecule has 4 aliphatic heterocycles. The van der Waals surface area contributed by atoms with Crippen LogP contribution in [0.25, 0.3) is 0 Å². The molecule has 314 valence electrons. The number of carbonyl (C=O) groups is 1. The van der Waals surface area contributed by atoms with Crippen LogP contribution in [0.5, 0.6) is 5.75 Å². The number of amides is 1. The molecule has 0 radical (unpaired) electrons. The van der Waals surface area contributed by atoms with Crippen molar-refractivity contribution < 1.29 is 19.4 Å². The molecule has 0 spiro atoms. The second kappa shape index (κ2) is 18.7. The molecule has 6 fully saturated rings. The monoisotopic (exact) mass is 889 g/mol. The number of ether oxygens (including phenoxy) is 2. The van der Waals surface area contributed by atoms with Crippen LogP contribution in [0.2, 0.25) is 0 Å². The first-order chi connectivity index (χ1) is 27.1. The van der Waals surface area contributed by atoms with Crippen molar-refractivity contribution >= 4 is 28.8 Å². The van der Waals surface area contributed by atoms with Gasteiger partial charge in [0.05, 0.1) is 53.3 Å². The summed E-state index contributed by atoms with van der Waals surface area (Å²) in [5, 5.41) is 23.3. The van der Waals surface area contributed by atoms with E-state index in [1.165, 1.54) is 80.9 Å². The van der Waals surface area contributed by atoms with E-state index in [1.807, 2.05) is 3.11 Å². The van der Waals surface area contributed by atoms with Crippen molar-refractivity contribution in [3.05, 3.63) is 28.8 Å². The molecule has 1 aromatic rings. The van der Waals surface area contributed by atoms with Crippen LogP contribution in [0.3, 0.4) is 0 Å². The van der Waals surface area contributed by atoms with Crippen LogP contribution in [0, 0.1) is 24.2 Å². The van der Waals surface area contributed by atoms with Gasteiger partial charge in [-0.05, 0) is 113 Å².